The van der Waals surface area contributed by atoms with Gasteiger partial charge < -0.3 is 15.0 Å². The summed E-state index contributed by atoms with van der Waals surface area (Å²) in [6.45, 7) is 2.05. The minimum absolute atomic E-state index is 0.0178. The molecule has 4 nitrogen and oxygen atoms in total. The largest absolute Gasteiger partial charge is 0.494 e. The van der Waals surface area contributed by atoms with Gasteiger partial charge in [-0.15, -0.1) is 0 Å². The van der Waals surface area contributed by atoms with Crippen molar-refractivity contribution in [3.63, 3.8) is 0 Å². The Labute approximate surface area is 128 Å². The molecule has 1 atom stereocenters. The molecule has 1 aromatic heterocycles. The van der Waals surface area contributed by atoms with Crippen LogP contribution in [0.3, 0.4) is 0 Å². The third-order valence-electron chi connectivity index (χ3n) is 3.67. The maximum atomic E-state index is 6.30. The van der Waals surface area contributed by atoms with Gasteiger partial charge in [-0.1, -0.05) is 35.9 Å². The zero-order valence-corrected chi connectivity index (χ0v) is 12.6. The van der Waals surface area contributed by atoms with Crippen molar-refractivity contribution in [1.29, 1.82) is 0 Å². The molecular weight excluding hydrogens is 286 g/mol. The molecule has 0 fully saturated rings. The van der Waals surface area contributed by atoms with Crippen molar-refractivity contribution < 1.29 is 4.74 Å². The highest BCUT2D eigenvalue weighted by Gasteiger charge is 2.19. The summed E-state index contributed by atoms with van der Waals surface area (Å²) >= 11 is 6.30. The summed E-state index contributed by atoms with van der Waals surface area (Å²) in [4.78, 5) is 4.43. The molecule has 0 aliphatic heterocycles. The van der Waals surface area contributed by atoms with Crippen molar-refractivity contribution in [2.24, 2.45) is 0 Å². The molecule has 0 aliphatic carbocycles. The Bertz CT molecular complexity index is 797. The number of nitrogen functional groups attached to an aromatic ring is 1. The van der Waals surface area contributed by atoms with Gasteiger partial charge >= 0.3 is 0 Å². The van der Waals surface area contributed by atoms with Crippen LogP contribution in [0.2, 0.25) is 5.02 Å². The fourth-order valence-electron chi connectivity index (χ4n) is 2.63. The lowest BCUT2D eigenvalue weighted by atomic mass is 10.1. The predicted octanol–water partition coefficient (Wildman–Crippen LogP) is 3.89. The fraction of sp³-hybridized carbons (Fsp3) is 0.188. The van der Waals surface area contributed by atoms with Crippen LogP contribution in [0.4, 0.5) is 5.95 Å². The number of para-hydroxylation sites is 1. The highest BCUT2D eigenvalue weighted by Crippen LogP contribution is 2.33. The Morgan fingerprint density at radius 2 is 1.95 bits per heavy atom. The summed E-state index contributed by atoms with van der Waals surface area (Å²) in [5, 5.41) is 0.717. The second-order valence-electron chi connectivity index (χ2n) is 4.87. The molecule has 0 aliphatic rings. The number of fused-ring (bicyclic) bond motifs is 1. The number of halogens is 1. The monoisotopic (exact) mass is 301 g/mol. The van der Waals surface area contributed by atoms with Crippen LogP contribution in [0, 0.1) is 0 Å². The Morgan fingerprint density at radius 1 is 1.19 bits per heavy atom. The van der Waals surface area contributed by atoms with Crippen LogP contribution in [0.1, 0.15) is 18.5 Å². The lowest BCUT2D eigenvalue weighted by Crippen LogP contribution is -2.10. The lowest BCUT2D eigenvalue weighted by Gasteiger charge is -2.17. The molecule has 0 amide bonds. The topological polar surface area (TPSA) is 53.1 Å². The molecule has 21 heavy (non-hydrogen) atoms. The highest BCUT2D eigenvalue weighted by atomic mass is 35.5. The van der Waals surface area contributed by atoms with E-state index in [2.05, 4.69) is 11.9 Å². The van der Waals surface area contributed by atoms with Gasteiger partial charge in [-0.3, -0.25) is 0 Å². The Balaban J connectivity index is 2.21. The van der Waals surface area contributed by atoms with Gasteiger partial charge in [0.15, 0.2) is 0 Å². The van der Waals surface area contributed by atoms with E-state index in [0.29, 0.717) is 16.7 Å². The number of hydrogen-bond donors (Lipinski definition) is 1. The number of imidazole rings is 1. The van der Waals surface area contributed by atoms with E-state index < -0.39 is 0 Å². The molecule has 2 aromatic carbocycles. The van der Waals surface area contributed by atoms with Crippen LogP contribution in [-0.2, 0) is 0 Å². The quantitative estimate of drug-likeness (QED) is 0.798. The van der Waals surface area contributed by atoms with Gasteiger partial charge in [0.2, 0.25) is 5.95 Å². The first-order chi connectivity index (χ1) is 10.1. The number of methoxy groups -OCH3 is 1. The van der Waals surface area contributed by atoms with Crippen molar-refractivity contribution >= 4 is 28.6 Å². The minimum Gasteiger partial charge on any atom is -0.494 e. The first-order valence-corrected chi connectivity index (χ1v) is 7.06. The average molecular weight is 302 g/mol. The average Bonchev–Trinajstić information content (AvgIpc) is 2.82. The summed E-state index contributed by atoms with van der Waals surface area (Å²) in [5.74, 6) is 1.16. The second-order valence-corrected chi connectivity index (χ2v) is 5.27. The van der Waals surface area contributed by atoms with E-state index in [-0.39, 0.29) is 6.04 Å². The molecule has 5 heteroatoms. The number of aromatic nitrogens is 2. The van der Waals surface area contributed by atoms with Gasteiger partial charge in [-0.05, 0) is 30.7 Å². The lowest BCUT2D eigenvalue weighted by molar-refractivity contribution is 0.419. The van der Waals surface area contributed by atoms with Gasteiger partial charge in [0.1, 0.15) is 11.3 Å². The first kappa shape index (κ1) is 13.8. The van der Waals surface area contributed by atoms with Crippen LogP contribution in [0.15, 0.2) is 42.5 Å². The molecule has 1 heterocycles. The van der Waals surface area contributed by atoms with E-state index in [1.54, 1.807) is 7.11 Å². The molecule has 0 spiro atoms. The van der Waals surface area contributed by atoms with Crippen molar-refractivity contribution in [3.8, 4) is 5.75 Å². The SMILES string of the molecule is COc1cccc2c1nc(N)n2C(C)c1ccccc1Cl. The van der Waals surface area contributed by atoms with Crippen LogP contribution >= 0.6 is 11.6 Å². The van der Waals surface area contributed by atoms with Gasteiger partial charge in [-0.2, -0.15) is 0 Å². The molecule has 0 radical (unpaired) electrons. The number of hydrogen-bond acceptors (Lipinski definition) is 3. The zero-order valence-electron chi connectivity index (χ0n) is 11.9. The Morgan fingerprint density at radius 3 is 2.67 bits per heavy atom. The van der Waals surface area contributed by atoms with E-state index in [0.717, 1.165) is 16.6 Å². The van der Waals surface area contributed by atoms with Gasteiger partial charge in [0.25, 0.3) is 0 Å². The number of nitrogens with two attached hydrogens (primary N) is 1. The molecule has 3 aromatic rings. The van der Waals surface area contributed by atoms with Crippen LogP contribution in [0.25, 0.3) is 11.0 Å². The number of rotatable bonds is 3. The van der Waals surface area contributed by atoms with Crippen molar-refractivity contribution in [2.75, 3.05) is 12.8 Å². The van der Waals surface area contributed by atoms with E-state index >= 15 is 0 Å². The van der Waals surface area contributed by atoms with E-state index in [9.17, 15) is 0 Å². The van der Waals surface area contributed by atoms with Gasteiger partial charge in [0.05, 0.1) is 18.7 Å². The molecule has 0 saturated carbocycles. The fourth-order valence-corrected chi connectivity index (χ4v) is 2.93. The van der Waals surface area contributed by atoms with E-state index in [1.807, 2.05) is 47.0 Å². The zero-order chi connectivity index (χ0) is 15.0. The van der Waals surface area contributed by atoms with Gasteiger partial charge in [-0.25, -0.2) is 4.98 Å². The highest BCUT2D eigenvalue weighted by molar-refractivity contribution is 6.31. The standard InChI is InChI=1S/C16H16ClN3O/c1-10(11-6-3-4-7-12(11)17)20-13-8-5-9-14(21-2)15(13)19-16(20)18/h3-10H,1-2H3,(H2,18,19). The normalized spacial score (nSPS) is 12.5. The third-order valence-corrected chi connectivity index (χ3v) is 4.02. The smallest absolute Gasteiger partial charge is 0.201 e. The predicted molar refractivity (Wildman–Crippen MR) is 86.0 cm³/mol. The molecule has 0 saturated heterocycles. The number of nitrogens with zero attached hydrogens (tertiary/aromatic N) is 2. The Hall–Kier alpha value is -2.20. The minimum atomic E-state index is -0.0178. The summed E-state index contributed by atoms with van der Waals surface area (Å²) < 4.78 is 7.32. The van der Waals surface area contributed by atoms with Crippen molar-refractivity contribution in [3.05, 3.63) is 53.1 Å². The molecular formula is C16H16ClN3O. The van der Waals surface area contributed by atoms with Crippen LogP contribution < -0.4 is 10.5 Å². The summed E-state index contributed by atoms with van der Waals surface area (Å²) in [6, 6.07) is 13.5. The van der Waals surface area contributed by atoms with Crippen LogP contribution in [0.5, 0.6) is 5.75 Å². The summed E-state index contributed by atoms with van der Waals surface area (Å²) in [5.41, 5.74) is 8.82. The molecule has 0 bridgehead atoms. The molecule has 108 valence electrons. The summed E-state index contributed by atoms with van der Waals surface area (Å²) in [6.07, 6.45) is 0. The molecule has 2 N–H and O–H groups in total. The Kier molecular flexibility index (Phi) is 3.47. The van der Waals surface area contributed by atoms with E-state index in [1.165, 1.54) is 0 Å². The first-order valence-electron chi connectivity index (χ1n) is 6.68. The molecule has 3 rings (SSSR count). The second kappa shape index (κ2) is 5.30. The number of benzene rings is 2. The van der Waals surface area contributed by atoms with Crippen LogP contribution in [-0.4, -0.2) is 16.7 Å². The number of anilines is 1. The third kappa shape index (κ3) is 2.21. The van der Waals surface area contributed by atoms with E-state index in [4.69, 9.17) is 22.1 Å². The molecule has 1 unspecified atom stereocenters. The number of ether oxygens (including phenoxy) is 1. The van der Waals surface area contributed by atoms with Crippen molar-refractivity contribution in [1.82, 2.24) is 9.55 Å². The maximum absolute atomic E-state index is 6.30. The maximum Gasteiger partial charge on any atom is 0.201 e. The van der Waals surface area contributed by atoms with Crippen molar-refractivity contribution in [2.45, 2.75) is 13.0 Å². The summed E-state index contributed by atoms with van der Waals surface area (Å²) in [7, 11) is 1.63. The van der Waals surface area contributed by atoms with Gasteiger partial charge in [0, 0.05) is 5.02 Å².